The van der Waals surface area contributed by atoms with Crippen molar-refractivity contribution in [1.29, 1.82) is 0 Å². The van der Waals surface area contributed by atoms with Crippen molar-refractivity contribution in [2.24, 2.45) is 5.92 Å². The minimum atomic E-state index is 0.447. The zero-order valence-electron chi connectivity index (χ0n) is 17.4. The Labute approximate surface area is 174 Å². The fraction of sp³-hybridized carbons (Fsp3) is 0.409. The number of pyridine rings is 1. The third-order valence-electron chi connectivity index (χ3n) is 5.87. The molecule has 1 saturated carbocycles. The SMILES string of the molecule is Cc1nc(-c2ccc3c(-c4nc(NC5CCC(C)CC5)ncc4C)c[nH]c3n2)no1. The van der Waals surface area contributed by atoms with Crippen molar-refractivity contribution in [1.82, 2.24) is 30.1 Å². The highest BCUT2D eigenvalue weighted by molar-refractivity contribution is 5.94. The van der Waals surface area contributed by atoms with Gasteiger partial charge < -0.3 is 14.8 Å². The van der Waals surface area contributed by atoms with E-state index in [0.717, 1.165) is 33.8 Å². The van der Waals surface area contributed by atoms with Gasteiger partial charge in [0.25, 0.3) is 0 Å². The fourth-order valence-corrected chi connectivity index (χ4v) is 4.10. The number of rotatable bonds is 4. The van der Waals surface area contributed by atoms with E-state index in [2.05, 4.69) is 37.3 Å². The maximum Gasteiger partial charge on any atom is 0.223 e. The second-order valence-corrected chi connectivity index (χ2v) is 8.26. The molecule has 0 saturated heterocycles. The lowest BCUT2D eigenvalue weighted by Crippen LogP contribution is -2.26. The molecule has 154 valence electrons. The summed E-state index contributed by atoms with van der Waals surface area (Å²) >= 11 is 0. The van der Waals surface area contributed by atoms with Gasteiger partial charge in [-0.05, 0) is 56.2 Å². The lowest BCUT2D eigenvalue weighted by atomic mass is 9.87. The van der Waals surface area contributed by atoms with E-state index in [4.69, 9.17) is 9.51 Å². The first-order chi connectivity index (χ1) is 14.6. The molecular weight excluding hydrogens is 378 g/mol. The Balaban J connectivity index is 1.46. The van der Waals surface area contributed by atoms with E-state index in [1.807, 2.05) is 31.5 Å². The molecule has 1 aliphatic carbocycles. The number of hydrogen-bond donors (Lipinski definition) is 2. The van der Waals surface area contributed by atoms with Gasteiger partial charge in [0.1, 0.15) is 11.3 Å². The predicted octanol–water partition coefficient (Wildman–Crippen LogP) is 4.68. The van der Waals surface area contributed by atoms with Gasteiger partial charge in [0.05, 0.1) is 5.69 Å². The summed E-state index contributed by atoms with van der Waals surface area (Å²) in [5.74, 6) is 2.51. The molecule has 2 N–H and O–H groups in total. The summed E-state index contributed by atoms with van der Waals surface area (Å²) in [4.78, 5) is 21.5. The third kappa shape index (κ3) is 3.53. The Bertz CT molecular complexity index is 1190. The standard InChI is InChI=1S/C22H25N7O/c1-12-4-6-15(7-5-12)26-22-24-10-13(2)19(28-22)17-11-23-20-16(17)8-9-18(27-20)21-25-14(3)30-29-21/h8-12,15H,4-7H2,1-3H3,(H,23,27)(H,24,26,28). The predicted molar refractivity (Wildman–Crippen MR) is 115 cm³/mol. The summed E-state index contributed by atoms with van der Waals surface area (Å²) in [5.41, 5.74) is 4.37. The van der Waals surface area contributed by atoms with E-state index in [1.54, 1.807) is 6.92 Å². The molecule has 4 aromatic rings. The van der Waals surface area contributed by atoms with Gasteiger partial charge in [-0.1, -0.05) is 12.1 Å². The van der Waals surface area contributed by atoms with Crippen molar-refractivity contribution in [3.63, 3.8) is 0 Å². The molecule has 0 aliphatic heterocycles. The van der Waals surface area contributed by atoms with Crippen molar-refractivity contribution in [2.45, 2.75) is 52.5 Å². The molecule has 4 aromatic heterocycles. The number of anilines is 1. The molecule has 4 heterocycles. The molecule has 0 spiro atoms. The smallest absolute Gasteiger partial charge is 0.223 e. The van der Waals surface area contributed by atoms with Crippen molar-refractivity contribution in [3.05, 3.63) is 36.0 Å². The van der Waals surface area contributed by atoms with Crippen LogP contribution >= 0.6 is 0 Å². The van der Waals surface area contributed by atoms with Crippen LogP contribution in [0.1, 0.15) is 44.1 Å². The normalized spacial score (nSPS) is 19.3. The van der Waals surface area contributed by atoms with Gasteiger partial charge in [-0.3, -0.25) is 0 Å². The number of fused-ring (bicyclic) bond motifs is 1. The molecule has 0 bridgehead atoms. The summed E-state index contributed by atoms with van der Waals surface area (Å²) in [6, 6.07) is 4.37. The Morgan fingerprint density at radius 2 is 1.90 bits per heavy atom. The molecule has 0 amide bonds. The largest absolute Gasteiger partial charge is 0.351 e. The topological polar surface area (TPSA) is 105 Å². The number of hydrogen-bond acceptors (Lipinski definition) is 7. The average Bonchev–Trinajstić information content (AvgIpc) is 3.37. The van der Waals surface area contributed by atoms with Gasteiger partial charge in [0.2, 0.25) is 17.7 Å². The maximum atomic E-state index is 5.07. The average molecular weight is 403 g/mol. The van der Waals surface area contributed by atoms with Gasteiger partial charge in [-0.2, -0.15) is 4.98 Å². The number of nitrogens with one attached hydrogen (secondary N) is 2. The van der Waals surface area contributed by atoms with E-state index >= 15 is 0 Å². The van der Waals surface area contributed by atoms with Crippen LogP contribution in [0.2, 0.25) is 0 Å². The van der Waals surface area contributed by atoms with E-state index < -0.39 is 0 Å². The number of aromatic nitrogens is 6. The van der Waals surface area contributed by atoms with E-state index in [9.17, 15) is 0 Å². The number of nitrogens with zero attached hydrogens (tertiary/aromatic N) is 5. The minimum Gasteiger partial charge on any atom is -0.351 e. The fourth-order valence-electron chi connectivity index (χ4n) is 4.10. The monoisotopic (exact) mass is 403 g/mol. The van der Waals surface area contributed by atoms with Crippen LogP contribution in [0.5, 0.6) is 0 Å². The van der Waals surface area contributed by atoms with Gasteiger partial charge in [0.15, 0.2) is 0 Å². The Morgan fingerprint density at radius 1 is 1.07 bits per heavy atom. The quantitative estimate of drug-likeness (QED) is 0.510. The van der Waals surface area contributed by atoms with Gasteiger partial charge >= 0.3 is 0 Å². The Morgan fingerprint density at radius 3 is 2.67 bits per heavy atom. The molecule has 8 heteroatoms. The van der Waals surface area contributed by atoms with E-state index in [-0.39, 0.29) is 0 Å². The van der Waals surface area contributed by atoms with Crippen LogP contribution in [-0.4, -0.2) is 36.1 Å². The summed E-state index contributed by atoms with van der Waals surface area (Å²) in [5, 5.41) is 8.49. The van der Waals surface area contributed by atoms with Gasteiger partial charge in [-0.15, -0.1) is 0 Å². The molecule has 30 heavy (non-hydrogen) atoms. The van der Waals surface area contributed by atoms with E-state index in [0.29, 0.717) is 29.4 Å². The zero-order chi connectivity index (χ0) is 20.7. The van der Waals surface area contributed by atoms with Gasteiger partial charge in [0, 0.05) is 36.3 Å². The molecule has 5 rings (SSSR count). The van der Waals surface area contributed by atoms with Crippen LogP contribution in [0.25, 0.3) is 33.8 Å². The lowest BCUT2D eigenvalue weighted by molar-refractivity contribution is 0.360. The molecule has 0 atom stereocenters. The molecule has 8 nitrogen and oxygen atoms in total. The second kappa shape index (κ2) is 7.51. The molecular formula is C22H25N7O. The first-order valence-electron chi connectivity index (χ1n) is 10.5. The second-order valence-electron chi connectivity index (χ2n) is 8.26. The summed E-state index contributed by atoms with van der Waals surface area (Å²) < 4.78 is 5.07. The summed E-state index contributed by atoms with van der Waals surface area (Å²) in [7, 11) is 0. The van der Waals surface area contributed by atoms with Crippen molar-refractivity contribution >= 4 is 17.0 Å². The van der Waals surface area contributed by atoms with Crippen molar-refractivity contribution < 1.29 is 4.52 Å². The van der Waals surface area contributed by atoms with Crippen LogP contribution in [0.4, 0.5) is 5.95 Å². The molecule has 0 aromatic carbocycles. The molecule has 1 fully saturated rings. The summed E-state index contributed by atoms with van der Waals surface area (Å²) in [6.07, 6.45) is 8.69. The first kappa shape index (κ1) is 18.7. The highest BCUT2D eigenvalue weighted by Crippen LogP contribution is 2.31. The molecule has 0 radical (unpaired) electrons. The lowest BCUT2D eigenvalue weighted by Gasteiger charge is -2.27. The van der Waals surface area contributed by atoms with Crippen molar-refractivity contribution in [3.8, 4) is 22.8 Å². The number of aromatic amines is 1. The van der Waals surface area contributed by atoms with Crippen LogP contribution < -0.4 is 5.32 Å². The zero-order valence-corrected chi connectivity index (χ0v) is 17.4. The van der Waals surface area contributed by atoms with Crippen LogP contribution in [-0.2, 0) is 0 Å². The van der Waals surface area contributed by atoms with Crippen LogP contribution in [0, 0.1) is 19.8 Å². The Hall–Kier alpha value is -3.29. The van der Waals surface area contributed by atoms with E-state index in [1.165, 1.54) is 25.7 Å². The highest BCUT2D eigenvalue weighted by atomic mass is 16.5. The number of H-pyrrole nitrogens is 1. The number of aryl methyl sites for hydroxylation is 2. The summed E-state index contributed by atoms with van der Waals surface area (Å²) in [6.45, 7) is 6.12. The first-order valence-corrected chi connectivity index (χ1v) is 10.5. The molecule has 1 aliphatic rings. The highest BCUT2D eigenvalue weighted by Gasteiger charge is 2.20. The van der Waals surface area contributed by atoms with Crippen LogP contribution in [0.3, 0.4) is 0 Å². The minimum absolute atomic E-state index is 0.447. The van der Waals surface area contributed by atoms with Crippen LogP contribution in [0.15, 0.2) is 29.0 Å². The maximum absolute atomic E-state index is 5.07. The van der Waals surface area contributed by atoms with Gasteiger partial charge in [-0.25, -0.2) is 15.0 Å². The third-order valence-corrected chi connectivity index (χ3v) is 5.87. The van der Waals surface area contributed by atoms with Crippen molar-refractivity contribution in [2.75, 3.05) is 5.32 Å². The Kier molecular flexibility index (Phi) is 4.69. The molecule has 0 unspecified atom stereocenters.